The lowest BCUT2D eigenvalue weighted by Crippen LogP contribution is -2.20. The molecule has 0 radical (unpaired) electrons. The van der Waals surface area contributed by atoms with Gasteiger partial charge in [-0.15, -0.1) is 0 Å². The average molecular weight is 289 g/mol. The van der Waals surface area contributed by atoms with Crippen molar-refractivity contribution < 1.29 is 9.53 Å². The molecule has 0 atom stereocenters. The maximum atomic E-state index is 11.4. The van der Waals surface area contributed by atoms with Crippen LogP contribution in [0, 0.1) is 0 Å². The summed E-state index contributed by atoms with van der Waals surface area (Å²) >= 11 is 0. The Kier molecular flexibility index (Phi) is 4.29. The molecule has 1 aromatic carbocycles. The summed E-state index contributed by atoms with van der Waals surface area (Å²) in [5.74, 6) is 0.0626. The summed E-state index contributed by atoms with van der Waals surface area (Å²) in [6.45, 7) is 1.46. The quantitative estimate of drug-likeness (QED) is 0.575. The fraction of sp³-hybridized carbons (Fsp3) is 0.562. The molecular formula is C16H23N3O2. The first-order valence-electron chi connectivity index (χ1n) is 7.80. The summed E-state index contributed by atoms with van der Waals surface area (Å²) < 4.78 is 5.83. The Morgan fingerprint density at radius 1 is 1.29 bits per heavy atom. The molecule has 1 aromatic rings. The van der Waals surface area contributed by atoms with Crippen LogP contribution in [0.25, 0.3) is 0 Å². The molecule has 1 aliphatic carbocycles. The van der Waals surface area contributed by atoms with Crippen molar-refractivity contribution in [3.8, 4) is 0 Å². The second-order valence-electron chi connectivity index (χ2n) is 5.85. The summed E-state index contributed by atoms with van der Waals surface area (Å²) in [6, 6.07) is 3.88. The molecule has 4 N–H and O–H groups in total. The number of ether oxygens (including phenoxy) is 1. The van der Waals surface area contributed by atoms with Crippen molar-refractivity contribution in [2.24, 2.45) is 0 Å². The van der Waals surface area contributed by atoms with Crippen molar-refractivity contribution in [2.75, 3.05) is 29.5 Å². The molecule has 0 spiro atoms. The standard InChI is InChI=1S/C16H23N3O2/c17-13-10-14-11(5-6-16(20)19-14)9-15(13)18-7-8-21-12-3-1-2-4-12/h9-10,12,18H,1-8,17H2,(H,19,20). The number of nitrogens with one attached hydrogen (secondary N) is 2. The van der Waals surface area contributed by atoms with Crippen LogP contribution >= 0.6 is 0 Å². The molecule has 1 saturated carbocycles. The van der Waals surface area contributed by atoms with Gasteiger partial charge in [0.05, 0.1) is 24.1 Å². The van der Waals surface area contributed by atoms with Crippen LogP contribution in [0.5, 0.6) is 0 Å². The van der Waals surface area contributed by atoms with Crippen molar-refractivity contribution in [2.45, 2.75) is 44.6 Å². The second-order valence-corrected chi connectivity index (χ2v) is 5.85. The zero-order chi connectivity index (χ0) is 14.7. The number of nitrogen functional groups attached to an aromatic ring is 1. The zero-order valence-electron chi connectivity index (χ0n) is 12.3. The van der Waals surface area contributed by atoms with E-state index in [0.29, 0.717) is 24.8 Å². The fourth-order valence-corrected chi connectivity index (χ4v) is 3.06. The lowest BCUT2D eigenvalue weighted by molar-refractivity contribution is -0.116. The fourth-order valence-electron chi connectivity index (χ4n) is 3.06. The van der Waals surface area contributed by atoms with Crippen LogP contribution in [0.2, 0.25) is 0 Å². The molecule has 1 amide bonds. The SMILES string of the molecule is Nc1cc2c(cc1NCCOC1CCCC1)CCC(=O)N2. The molecule has 0 aromatic heterocycles. The van der Waals surface area contributed by atoms with Gasteiger partial charge in [0, 0.05) is 18.7 Å². The predicted molar refractivity (Wildman–Crippen MR) is 84.5 cm³/mol. The van der Waals surface area contributed by atoms with Crippen molar-refractivity contribution >= 4 is 23.0 Å². The van der Waals surface area contributed by atoms with Crippen LogP contribution in [0.15, 0.2) is 12.1 Å². The van der Waals surface area contributed by atoms with E-state index in [2.05, 4.69) is 10.6 Å². The van der Waals surface area contributed by atoms with Gasteiger partial charge in [-0.2, -0.15) is 0 Å². The van der Waals surface area contributed by atoms with E-state index in [4.69, 9.17) is 10.5 Å². The lowest BCUT2D eigenvalue weighted by atomic mass is 10.0. The number of hydrogen-bond donors (Lipinski definition) is 3. The topological polar surface area (TPSA) is 76.4 Å². The summed E-state index contributed by atoms with van der Waals surface area (Å²) in [4.78, 5) is 11.4. The maximum absolute atomic E-state index is 11.4. The summed E-state index contributed by atoms with van der Waals surface area (Å²) in [5.41, 5.74) is 9.62. The molecule has 0 saturated heterocycles. The Labute approximate surface area is 125 Å². The Morgan fingerprint density at radius 3 is 2.90 bits per heavy atom. The average Bonchev–Trinajstić information content (AvgIpc) is 2.97. The third kappa shape index (κ3) is 3.47. The molecule has 1 fully saturated rings. The number of carbonyl (C=O) groups excluding carboxylic acids is 1. The monoisotopic (exact) mass is 289 g/mol. The van der Waals surface area contributed by atoms with Crippen LogP contribution in [0.3, 0.4) is 0 Å². The number of hydrogen-bond acceptors (Lipinski definition) is 4. The van der Waals surface area contributed by atoms with Gasteiger partial charge in [0.15, 0.2) is 0 Å². The first kappa shape index (κ1) is 14.2. The van der Waals surface area contributed by atoms with Gasteiger partial charge in [-0.3, -0.25) is 4.79 Å². The molecular weight excluding hydrogens is 266 g/mol. The molecule has 0 bridgehead atoms. The van der Waals surface area contributed by atoms with Gasteiger partial charge in [-0.25, -0.2) is 0 Å². The van der Waals surface area contributed by atoms with Crippen LogP contribution in [0.4, 0.5) is 17.1 Å². The van der Waals surface area contributed by atoms with Gasteiger partial charge in [0.1, 0.15) is 0 Å². The Morgan fingerprint density at radius 2 is 2.10 bits per heavy atom. The van der Waals surface area contributed by atoms with Crippen molar-refractivity contribution in [3.63, 3.8) is 0 Å². The number of aryl methyl sites for hydroxylation is 1. The van der Waals surface area contributed by atoms with Gasteiger partial charge < -0.3 is 21.1 Å². The van der Waals surface area contributed by atoms with Crippen LogP contribution in [-0.4, -0.2) is 25.2 Å². The Hall–Kier alpha value is -1.75. The van der Waals surface area contributed by atoms with Gasteiger partial charge in [0.2, 0.25) is 5.91 Å². The van der Waals surface area contributed by atoms with Crippen LogP contribution < -0.4 is 16.4 Å². The number of fused-ring (bicyclic) bond motifs is 1. The molecule has 114 valence electrons. The first-order chi connectivity index (χ1) is 10.2. The highest BCUT2D eigenvalue weighted by Gasteiger charge is 2.17. The Balaban J connectivity index is 1.54. The molecule has 5 heteroatoms. The minimum Gasteiger partial charge on any atom is -0.397 e. The summed E-state index contributed by atoms with van der Waals surface area (Å²) in [5, 5.41) is 6.20. The Bertz CT molecular complexity index is 524. The normalized spacial score (nSPS) is 18.4. The van der Waals surface area contributed by atoms with Crippen molar-refractivity contribution in [1.29, 1.82) is 0 Å². The largest absolute Gasteiger partial charge is 0.397 e. The molecule has 1 aliphatic heterocycles. The summed E-state index contributed by atoms with van der Waals surface area (Å²) in [7, 11) is 0. The number of carbonyl (C=O) groups is 1. The number of anilines is 3. The van der Waals surface area contributed by atoms with Gasteiger partial charge >= 0.3 is 0 Å². The maximum Gasteiger partial charge on any atom is 0.224 e. The van der Waals surface area contributed by atoms with Gasteiger partial charge in [-0.1, -0.05) is 12.8 Å². The van der Waals surface area contributed by atoms with E-state index in [1.165, 1.54) is 25.7 Å². The smallest absolute Gasteiger partial charge is 0.224 e. The minimum absolute atomic E-state index is 0.0626. The van der Waals surface area contributed by atoms with Crippen molar-refractivity contribution in [1.82, 2.24) is 0 Å². The second kappa shape index (κ2) is 6.35. The first-order valence-corrected chi connectivity index (χ1v) is 7.80. The van der Waals surface area contributed by atoms with E-state index in [-0.39, 0.29) is 5.91 Å². The molecule has 21 heavy (non-hydrogen) atoms. The molecule has 2 aliphatic rings. The zero-order valence-corrected chi connectivity index (χ0v) is 12.3. The van der Waals surface area contributed by atoms with Gasteiger partial charge in [0.25, 0.3) is 0 Å². The number of rotatable bonds is 5. The molecule has 5 nitrogen and oxygen atoms in total. The highest BCUT2D eigenvalue weighted by atomic mass is 16.5. The third-order valence-electron chi connectivity index (χ3n) is 4.24. The third-order valence-corrected chi connectivity index (χ3v) is 4.24. The number of amides is 1. The lowest BCUT2D eigenvalue weighted by Gasteiger charge is -2.20. The molecule has 0 unspecified atom stereocenters. The van der Waals surface area contributed by atoms with E-state index in [0.717, 1.165) is 29.9 Å². The minimum atomic E-state index is 0.0626. The highest BCUT2D eigenvalue weighted by molar-refractivity contribution is 5.95. The molecule has 1 heterocycles. The van der Waals surface area contributed by atoms with E-state index < -0.39 is 0 Å². The van der Waals surface area contributed by atoms with E-state index in [1.54, 1.807) is 0 Å². The van der Waals surface area contributed by atoms with Crippen molar-refractivity contribution in [3.05, 3.63) is 17.7 Å². The van der Waals surface area contributed by atoms with Crippen LogP contribution in [0.1, 0.15) is 37.7 Å². The highest BCUT2D eigenvalue weighted by Crippen LogP contribution is 2.30. The number of nitrogens with two attached hydrogens (primary N) is 1. The van der Waals surface area contributed by atoms with E-state index in [1.807, 2.05) is 12.1 Å². The summed E-state index contributed by atoms with van der Waals surface area (Å²) in [6.07, 6.45) is 6.74. The molecule has 3 rings (SSSR count). The van der Waals surface area contributed by atoms with E-state index in [9.17, 15) is 4.79 Å². The van der Waals surface area contributed by atoms with Crippen LogP contribution in [-0.2, 0) is 16.0 Å². The van der Waals surface area contributed by atoms with Gasteiger partial charge in [-0.05, 0) is 37.0 Å². The van der Waals surface area contributed by atoms with E-state index >= 15 is 0 Å². The number of benzene rings is 1. The predicted octanol–water partition coefficient (Wildman–Crippen LogP) is 2.52.